The number of rotatable bonds is 4. The van der Waals surface area contributed by atoms with Crippen molar-refractivity contribution in [2.75, 3.05) is 13.6 Å². The summed E-state index contributed by atoms with van der Waals surface area (Å²) >= 11 is 0. The molecule has 0 aromatic heterocycles. The summed E-state index contributed by atoms with van der Waals surface area (Å²) in [4.78, 5) is 2.46. The highest BCUT2D eigenvalue weighted by atomic mass is 16.3. The third kappa shape index (κ3) is 5.53. The Balaban J connectivity index is 2.25. The van der Waals surface area contributed by atoms with E-state index in [1.807, 2.05) is 6.92 Å². The van der Waals surface area contributed by atoms with Gasteiger partial charge in [0.2, 0.25) is 0 Å². The smallest absolute Gasteiger partial charge is 0.0524 e. The van der Waals surface area contributed by atoms with Gasteiger partial charge in [-0.1, -0.05) is 32.1 Å². The number of hydrogen-bond acceptors (Lipinski definition) is 2. The van der Waals surface area contributed by atoms with Crippen molar-refractivity contribution in [1.29, 1.82) is 0 Å². The summed E-state index contributed by atoms with van der Waals surface area (Å²) in [6.07, 6.45) is 10.5. The third-order valence-corrected chi connectivity index (χ3v) is 3.60. The monoisotopic (exact) mass is 213 g/mol. The van der Waals surface area contributed by atoms with E-state index < -0.39 is 0 Å². The Hall–Kier alpha value is -0.0800. The van der Waals surface area contributed by atoms with E-state index in [-0.39, 0.29) is 6.10 Å². The normalized spacial score (nSPS) is 22.4. The molecule has 0 amide bonds. The lowest BCUT2D eigenvalue weighted by atomic mass is 9.96. The SMILES string of the molecule is CC(O)CCN(C)C1CCCCCCC1. The molecule has 1 aliphatic rings. The van der Waals surface area contributed by atoms with Crippen LogP contribution in [0.5, 0.6) is 0 Å². The minimum Gasteiger partial charge on any atom is -0.393 e. The molecule has 15 heavy (non-hydrogen) atoms. The van der Waals surface area contributed by atoms with Crippen molar-refractivity contribution in [2.45, 2.75) is 70.4 Å². The highest BCUT2D eigenvalue weighted by Crippen LogP contribution is 2.20. The maximum atomic E-state index is 9.27. The molecule has 1 atom stereocenters. The van der Waals surface area contributed by atoms with E-state index in [1.165, 1.54) is 44.9 Å². The summed E-state index contributed by atoms with van der Waals surface area (Å²) in [5, 5.41) is 9.27. The van der Waals surface area contributed by atoms with Crippen molar-refractivity contribution in [3.8, 4) is 0 Å². The van der Waals surface area contributed by atoms with Gasteiger partial charge in [-0.25, -0.2) is 0 Å². The van der Waals surface area contributed by atoms with Gasteiger partial charge in [0.05, 0.1) is 6.10 Å². The quantitative estimate of drug-likeness (QED) is 0.776. The van der Waals surface area contributed by atoms with Crippen molar-refractivity contribution >= 4 is 0 Å². The first-order valence-electron chi connectivity index (χ1n) is 6.58. The van der Waals surface area contributed by atoms with E-state index in [4.69, 9.17) is 0 Å². The molecule has 1 saturated carbocycles. The van der Waals surface area contributed by atoms with Crippen LogP contribution in [0.2, 0.25) is 0 Å². The zero-order valence-corrected chi connectivity index (χ0v) is 10.4. The van der Waals surface area contributed by atoms with Crippen molar-refractivity contribution < 1.29 is 5.11 Å². The second kappa shape index (κ2) is 7.24. The van der Waals surface area contributed by atoms with Crippen molar-refractivity contribution in [1.82, 2.24) is 4.90 Å². The van der Waals surface area contributed by atoms with Crippen LogP contribution < -0.4 is 0 Å². The lowest BCUT2D eigenvalue weighted by molar-refractivity contribution is 0.139. The fraction of sp³-hybridized carbons (Fsp3) is 1.00. The first kappa shape index (κ1) is 13.0. The fourth-order valence-electron chi connectivity index (χ4n) is 2.45. The molecular formula is C13H27NO. The molecule has 0 radical (unpaired) electrons. The molecule has 0 aromatic rings. The van der Waals surface area contributed by atoms with Crippen molar-refractivity contribution in [3.05, 3.63) is 0 Å². The molecule has 1 rings (SSSR count). The lowest BCUT2D eigenvalue weighted by Gasteiger charge is -2.30. The molecule has 0 spiro atoms. The predicted molar refractivity (Wildman–Crippen MR) is 65.0 cm³/mol. The fourth-order valence-corrected chi connectivity index (χ4v) is 2.45. The van der Waals surface area contributed by atoms with Gasteiger partial charge in [-0.3, -0.25) is 0 Å². The van der Waals surface area contributed by atoms with E-state index in [0.29, 0.717) is 0 Å². The molecule has 0 saturated heterocycles. The average Bonchev–Trinajstić information content (AvgIpc) is 2.13. The van der Waals surface area contributed by atoms with Gasteiger partial charge in [0.1, 0.15) is 0 Å². The van der Waals surface area contributed by atoms with Gasteiger partial charge in [-0.2, -0.15) is 0 Å². The van der Waals surface area contributed by atoms with Crippen LogP contribution in [-0.2, 0) is 0 Å². The lowest BCUT2D eigenvalue weighted by Crippen LogP contribution is -2.34. The van der Waals surface area contributed by atoms with Crippen LogP contribution in [0, 0.1) is 0 Å². The van der Waals surface area contributed by atoms with Gasteiger partial charge < -0.3 is 10.0 Å². The Labute approximate surface area is 94.7 Å². The molecule has 1 unspecified atom stereocenters. The Kier molecular flexibility index (Phi) is 6.26. The number of aliphatic hydroxyl groups is 1. The van der Waals surface area contributed by atoms with Gasteiger partial charge in [0.15, 0.2) is 0 Å². The maximum Gasteiger partial charge on any atom is 0.0524 e. The average molecular weight is 213 g/mol. The summed E-state index contributed by atoms with van der Waals surface area (Å²) in [6.45, 7) is 2.92. The second-order valence-corrected chi connectivity index (χ2v) is 5.12. The Morgan fingerprint density at radius 1 is 1.13 bits per heavy atom. The van der Waals surface area contributed by atoms with Gasteiger partial charge in [0, 0.05) is 12.6 Å². The molecule has 1 fully saturated rings. The highest BCUT2D eigenvalue weighted by molar-refractivity contribution is 4.71. The Morgan fingerprint density at radius 3 is 2.20 bits per heavy atom. The van der Waals surface area contributed by atoms with E-state index in [2.05, 4.69) is 11.9 Å². The van der Waals surface area contributed by atoms with E-state index in [9.17, 15) is 5.11 Å². The zero-order chi connectivity index (χ0) is 11.1. The minimum atomic E-state index is -0.152. The molecule has 0 aromatic carbocycles. The first-order valence-corrected chi connectivity index (χ1v) is 6.58. The Morgan fingerprint density at radius 2 is 1.67 bits per heavy atom. The maximum absolute atomic E-state index is 9.27. The van der Waals surface area contributed by atoms with Crippen LogP contribution in [-0.4, -0.2) is 35.7 Å². The molecule has 0 heterocycles. The van der Waals surface area contributed by atoms with E-state index in [1.54, 1.807) is 0 Å². The topological polar surface area (TPSA) is 23.5 Å². The first-order chi connectivity index (χ1) is 7.20. The molecule has 2 nitrogen and oxygen atoms in total. The van der Waals surface area contributed by atoms with Gasteiger partial charge >= 0.3 is 0 Å². The van der Waals surface area contributed by atoms with Crippen LogP contribution in [0.3, 0.4) is 0 Å². The summed E-state index contributed by atoms with van der Waals surface area (Å²) in [5.41, 5.74) is 0. The van der Waals surface area contributed by atoms with Crippen molar-refractivity contribution in [2.24, 2.45) is 0 Å². The molecule has 1 N–H and O–H groups in total. The summed E-state index contributed by atoms with van der Waals surface area (Å²) in [6, 6.07) is 0.768. The van der Waals surface area contributed by atoms with Crippen LogP contribution in [0.1, 0.15) is 58.3 Å². The number of nitrogens with zero attached hydrogens (tertiary/aromatic N) is 1. The molecule has 0 bridgehead atoms. The van der Waals surface area contributed by atoms with Crippen LogP contribution in [0.25, 0.3) is 0 Å². The van der Waals surface area contributed by atoms with Gasteiger partial charge in [-0.15, -0.1) is 0 Å². The van der Waals surface area contributed by atoms with E-state index >= 15 is 0 Å². The molecular weight excluding hydrogens is 186 g/mol. The van der Waals surface area contributed by atoms with Gasteiger partial charge in [-0.05, 0) is 33.2 Å². The predicted octanol–water partition coefficient (Wildman–Crippen LogP) is 2.80. The number of hydrogen-bond donors (Lipinski definition) is 1. The summed E-state index contributed by atoms with van der Waals surface area (Å²) in [5.74, 6) is 0. The van der Waals surface area contributed by atoms with E-state index in [0.717, 1.165) is 19.0 Å². The van der Waals surface area contributed by atoms with Crippen molar-refractivity contribution in [3.63, 3.8) is 0 Å². The van der Waals surface area contributed by atoms with Gasteiger partial charge in [0.25, 0.3) is 0 Å². The zero-order valence-electron chi connectivity index (χ0n) is 10.4. The van der Waals surface area contributed by atoms with Crippen LogP contribution in [0.15, 0.2) is 0 Å². The summed E-state index contributed by atoms with van der Waals surface area (Å²) < 4.78 is 0. The Bertz CT molecular complexity index is 151. The van der Waals surface area contributed by atoms with Crippen LogP contribution >= 0.6 is 0 Å². The largest absolute Gasteiger partial charge is 0.393 e. The highest BCUT2D eigenvalue weighted by Gasteiger charge is 2.15. The standard InChI is InChI=1S/C13H27NO/c1-12(15)10-11-14(2)13-8-6-4-3-5-7-9-13/h12-13,15H,3-11H2,1-2H3. The van der Waals surface area contributed by atoms with Crippen LogP contribution in [0.4, 0.5) is 0 Å². The second-order valence-electron chi connectivity index (χ2n) is 5.12. The summed E-state index contributed by atoms with van der Waals surface area (Å²) in [7, 11) is 2.22. The number of aliphatic hydroxyl groups excluding tert-OH is 1. The third-order valence-electron chi connectivity index (χ3n) is 3.60. The molecule has 0 aliphatic heterocycles. The molecule has 1 aliphatic carbocycles. The molecule has 2 heteroatoms. The minimum absolute atomic E-state index is 0.152. The molecule has 90 valence electrons.